The van der Waals surface area contributed by atoms with Gasteiger partial charge in [-0.25, -0.2) is 4.39 Å². The van der Waals surface area contributed by atoms with Gasteiger partial charge >= 0.3 is 0 Å². The lowest BCUT2D eigenvalue weighted by atomic mass is 10.2. The van der Waals surface area contributed by atoms with Gasteiger partial charge in [0.1, 0.15) is 0 Å². The molecule has 0 aliphatic carbocycles. The van der Waals surface area contributed by atoms with Crippen molar-refractivity contribution < 1.29 is 14.3 Å². The highest BCUT2D eigenvalue weighted by Gasteiger charge is 2.08. The first-order valence-corrected chi connectivity index (χ1v) is 4.87. The lowest BCUT2D eigenvalue weighted by Crippen LogP contribution is -2.12. The van der Waals surface area contributed by atoms with E-state index in [9.17, 15) is 9.18 Å². The van der Waals surface area contributed by atoms with Crippen LogP contribution in [0, 0.1) is 5.82 Å². The van der Waals surface area contributed by atoms with Crippen molar-refractivity contribution in [3.05, 3.63) is 29.0 Å². The third-order valence-electron chi connectivity index (χ3n) is 1.79. The van der Waals surface area contributed by atoms with Crippen molar-refractivity contribution in [3.8, 4) is 0 Å². The Hall–Kier alpha value is -1.13. The van der Waals surface area contributed by atoms with Crippen LogP contribution in [0.25, 0.3) is 0 Å². The lowest BCUT2D eigenvalue weighted by molar-refractivity contribution is -0.116. The maximum atomic E-state index is 13.3. The molecule has 2 N–H and O–H groups in total. The molecule has 0 aliphatic rings. The number of rotatable bonds is 4. The van der Waals surface area contributed by atoms with E-state index in [1.165, 1.54) is 12.1 Å². The molecule has 1 amide bonds. The lowest BCUT2D eigenvalue weighted by Gasteiger charge is -2.06. The number of benzene rings is 1. The predicted molar refractivity (Wildman–Crippen MR) is 56.4 cm³/mol. The quantitative estimate of drug-likeness (QED) is 0.835. The number of nitrogens with one attached hydrogen (secondary N) is 1. The maximum Gasteiger partial charge on any atom is 0.224 e. The Balaban J connectivity index is 2.64. The monoisotopic (exact) mass is 231 g/mol. The third kappa shape index (κ3) is 3.49. The van der Waals surface area contributed by atoms with E-state index in [1.54, 1.807) is 6.07 Å². The van der Waals surface area contributed by atoms with Crippen molar-refractivity contribution in [2.45, 2.75) is 12.8 Å². The van der Waals surface area contributed by atoms with Crippen LogP contribution in [0.4, 0.5) is 10.1 Å². The van der Waals surface area contributed by atoms with Gasteiger partial charge in [-0.15, -0.1) is 0 Å². The first-order valence-electron chi connectivity index (χ1n) is 4.50. The minimum atomic E-state index is -0.642. The zero-order valence-corrected chi connectivity index (χ0v) is 8.72. The van der Waals surface area contributed by atoms with Crippen LogP contribution in [-0.4, -0.2) is 17.6 Å². The van der Waals surface area contributed by atoms with E-state index < -0.39 is 5.82 Å². The molecule has 0 aliphatic heterocycles. The summed E-state index contributed by atoms with van der Waals surface area (Å²) in [6.07, 6.45) is 0.510. The fraction of sp³-hybridized carbons (Fsp3) is 0.300. The molecule has 0 aromatic heterocycles. The Morgan fingerprint density at radius 3 is 2.93 bits per heavy atom. The SMILES string of the molecule is O=C(CCCO)Nc1cccc(Cl)c1F. The summed E-state index contributed by atoms with van der Waals surface area (Å²) >= 11 is 5.54. The van der Waals surface area contributed by atoms with Gasteiger partial charge in [0.2, 0.25) is 5.91 Å². The standard InChI is InChI=1S/C10H11ClFNO2/c11-7-3-1-4-8(10(7)12)13-9(15)5-2-6-14/h1,3-4,14H,2,5-6H2,(H,13,15). The summed E-state index contributed by atoms with van der Waals surface area (Å²) < 4.78 is 13.3. The highest BCUT2D eigenvalue weighted by molar-refractivity contribution is 6.31. The maximum absolute atomic E-state index is 13.3. The van der Waals surface area contributed by atoms with Crippen LogP contribution < -0.4 is 5.32 Å². The van der Waals surface area contributed by atoms with Crippen LogP contribution in [0.1, 0.15) is 12.8 Å². The van der Waals surface area contributed by atoms with Crippen molar-refractivity contribution in [1.82, 2.24) is 0 Å². The van der Waals surface area contributed by atoms with E-state index in [4.69, 9.17) is 16.7 Å². The molecule has 15 heavy (non-hydrogen) atoms. The molecular weight excluding hydrogens is 221 g/mol. The molecule has 82 valence electrons. The molecule has 1 aromatic carbocycles. The number of aliphatic hydroxyl groups excluding tert-OH is 1. The molecular formula is C10H11ClFNO2. The zero-order valence-electron chi connectivity index (χ0n) is 7.96. The molecule has 0 saturated heterocycles. The van der Waals surface area contributed by atoms with Crippen LogP contribution in [0.5, 0.6) is 0 Å². The molecule has 0 radical (unpaired) electrons. The molecule has 0 saturated carbocycles. The largest absolute Gasteiger partial charge is 0.396 e. The number of hydrogen-bond acceptors (Lipinski definition) is 2. The first-order chi connectivity index (χ1) is 7.15. The van der Waals surface area contributed by atoms with Crippen molar-refractivity contribution in [1.29, 1.82) is 0 Å². The average Bonchev–Trinajstić information content (AvgIpc) is 2.22. The van der Waals surface area contributed by atoms with Crippen LogP contribution in [0.2, 0.25) is 5.02 Å². The molecule has 0 unspecified atom stereocenters. The van der Waals surface area contributed by atoms with E-state index in [2.05, 4.69) is 5.32 Å². The van der Waals surface area contributed by atoms with E-state index in [-0.39, 0.29) is 29.6 Å². The van der Waals surface area contributed by atoms with Gasteiger partial charge in [0.15, 0.2) is 5.82 Å². The van der Waals surface area contributed by atoms with Crippen LogP contribution >= 0.6 is 11.6 Å². The Morgan fingerprint density at radius 2 is 2.27 bits per heavy atom. The highest BCUT2D eigenvalue weighted by atomic mass is 35.5. The summed E-state index contributed by atoms with van der Waals surface area (Å²) in [5.41, 5.74) is 0.0606. The van der Waals surface area contributed by atoms with Crippen LogP contribution in [-0.2, 0) is 4.79 Å². The second-order valence-corrected chi connectivity index (χ2v) is 3.38. The Morgan fingerprint density at radius 1 is 1.53 bits per heavy atom. The topological polar surface area (TPSA) is 49.3 Å². The fourth-order valence-electron chi connectivity index (χ4n) is 1.05. The molecule has 0 bridgehead atoms. The van der Waals surface area contributed by atoms with Crippen LogP contribution in [0.3, 0.4) is 0 Å². The normalized spacial score (nSPS) is 10.1. The van der Waals surface area contributed by atoms with E-state index >= 15 is 0 Å². The highest BCUT2D eigenvalue weighted by Crippen LogP contribution is 2.21. The van der Waals surface area contributed by atoms with Crippen LogP contribution in [0.15, 0.2) is 18.2 Å². The van der Waals surface area contributed by atoms with Gasteiger partial charge < -0.3 is 10.4 Å². The second-order valence-electron chi connectivity index (χ2n) is 2.98. The third-order valence-corrected chi connectivity index (χ3v) is 2.08. The Bertz CT molecular complexity index is 357. The number of hydrogen-bond donors (Lipinski definition) is 2. The first kappa shape index (κ1) is 11.9. The summed E-state index contributed by atoms with van der Waals surface area (Å²) in [6, 6.07) is 4.38. The summed E-state index contributed by atoms with van der Waals surface area (Å²) in [7, 11) is 0. The average molecular weight is 232 g/mol. The number of carbonyl (C=O) groups is 1. The van der Waals surface area contributed by atoms with Gasteiger partial charge in [-0.2, -0.15) is 0 Å². The number of aliphatic hydroxyl groups is 1. The molecule has 1 aromatic rings. The summed E-state index contributed by atoms with van der Waals surface area (Å²) in [5, 5.41) is 10.8. The van der Waals surface area contributed by atoms with Crippen molar-refractivity contribution in [3.63, 3.8) is 0 Å². The van der Waals surface area contributed by atoms with Gasteiger partial charge in [0.25, 0.3) is 0 Å². The molecule has 0 spiro atoms. The zero-order chi connectivity index (χ0) is 11.3. The van der Waals surface area contributed by atoms with Gasteiger partial charge in [-0.05, 0) is 18.6 Å². The number of anilines is 1. The number of halogens is 2. The Kier molecular flexibility index (Phi) is 4.52. The minimum absolute atomic E-state index is 0.0324. The van der Waals surface area contributed by atoms with Gasteiger partial charge in [-0.1, -0.05) is 17.7 Å². The van der Waals surface area contributed by atoms with Crippen molar-refractivity contribution in [2.75, 3.05) is 11.9 Å². The van der Waals surface area contributed by atoms with E-state index in [0.29, 0.717) is 6.42 Å². The molecule has 5 heteroatoms. The van der Waals surface area contributed by atoms with Crippen molar-refractivity contribution in [2.24, 2.45) is 0 Å². The van der Waals surface area contributed by atoms with E-state index in [1.807, 2.05) is 0 Å². The fourth-order valence-corrected chi connectivity index (χ4v) is 1.23. The van der Waals surface area contributed by atoms with Gasteiger partial charge in [0.05, 0.1) is 10.7 Å². The molecule has 0 heterocycles. The molecule has 0 atom stereocenters. The summed E-state index contributed by atoms with van der Waals surface area (Å²) in [4.78, 5) is 11.2. The smallest absolute Gasteiger partial charge is 0.224 e. The Labute approximate surface area is 91.9 Å². The summed E-state index contributed by atoms with van der Waals surface area (Å²) in [5.74, 6) is -0.985. The van der Waals surface area contributed by atoms with Gasteiger partial charge in [-0.3, -0.25) is 4.79 Å². The molecule has 3 nitrogen and oxygen atoms in total. The molecule has 1 rings (SSSR count). The number of carbonyl (C=O) groups excluding carboxylic acids is 1. The van der Waals surface area contributed by atoms with Crippen molar-refractivity contribution >= 4 is 23.2 Å². The predicted octanol–water partition coefficient (Wildman–Crippen LogP) is 2.19. The second kappa shape index (κ2) is 5.68. The minimum Gasteiger partial charge on any atom is -0.396 e. The number of amides is 1. The molecule has 0 fully saturated rings. The van der Waals surface area contributed by atoms with E-state index in [0.717, 1.165) is 0 Å². The summed E-state index contributed by atoms with van der Waals surface area (Å²) in [6.45, 7) is -0.0640. The van der Waals surface area contributed by atoms with Gasteiger partial charge in [0, 0.05) is 13.0 Å².